The van der Waals surface area contributed by atoms with Crippen molar-refractivity contribution < 1.29 is 9.53 Å². The van der Waals surface area contributed by atoms with Gasteiger partial charge in [0.15, 0.2) is 0 Å². The Kier molecular flexibility index (Phi) is 4.14. The number of aromatic nitrogens is 2. The maximum atomic E-state index is 12.4. The number of nitrogens with zero attached hydrogens (tertiary/aromatic N) is 3. The standard InChI is InChI=1S/C17H24ClN3O3/c1-16(2)5-11-6-17(3,9-16)10-20(11)12-7-19-21(8-13(22)24-4)15(23)14(12)18/h7,11H,5-6,8-10H2,1-4H3. The highest BCUT2D eigenvalue weighted by molar-refractivity contribution is 6.33. The van der Waals surface area contributed by atoms with Crippen LogP contribution in [0.2, 0.25) is 5.02 Å². The van der Waals surface area contributed by atoms with Gasteiger partial charge in [0.05, 0.1) is 19.0 Å². The van der Waals surface area contributed by atoms with E-state index in [9.17, 15) is 9.59 Å². The van der Waals surface area contributed by atoms with Crippen LogP contribution < -0.4 is 10.5 Å². The summed E-state index contributed by atoms with van der Waals surface area (Å²) >= 11 is 6.34. The van der Waals surface area contributed by atoms with E-state index < -0.39 is 11.5 Å². The Labute approximate surface area is 146 Å². The van der Waals surface area contributed by atoms with Crippen molar-refractivity contribution in [2.24, 2.45) is 10.8 Å². The first-order valence-corrected chi connectivity index (χ1v) is 8.61. The number of methoxy groups -OCH3 is 1. The molecule has 0 aromatic carbocycles. The van der Waals surface area contributed by atoms with Crippen LogP contribution in [0, 0.1) is 10.8 Å². The highest BCUT2D eigenvalue weighted by atomic mass is 35.5. The second-order valence-electron chi connectivity index (χ2n) is 8.22. The minimum Gasteiger partial charge on any atom is -0.468 e. The van der Waals surface area contributed by atoms with Crippen LogP contribution in [-0.4, -0.2) is 35.4 Å². The topological polar surface area (TPSA) is 64.4 Å². The molecule has 1 aliphatic heterocycles. The molecule has 2 unspecified atom stereocenters. The van der Waals surface area contributed by atoms with E-state index in [1.807, 2.05) is 0 Å². The van der Waals surface area contributed by atoms with Gasteiger partial charge in [0.25, 0.3) is 5.56 Å². The summed E-state index contributed by atoms with van der Waals surface area (Å²) in [6.07, 6.45) is 4.95. The molecule has 7 heteroatoms. The van der Waals surface area contributed by atoms with Crippen LogP contribution in [-0.2, 0) is 16.1 Å². The van der Waals surface area contributed by atoms with E-state index in [1.54, 1.807) is 6.20 Å². The highest BCUT2D eigenvalue weighted by Gasteiger charge is 2.50. The fraction of sp³-hybridized carbons (Fsp3) is 0.706. The van der Waals surface area contributed by atoms with Gasteiger partial charge in [-0.1, -0.05) is 32.4 Å². The zero-order valence-electron chi connectivity index (χ0n) is 14.6. The molecule has 2 fully saturated rings. The second-order valence-corrected chi connectivity index (χ2v) is 8.60. The van der Waals surface area contributed by atoms with Crippen molar-refractivity contribution >= 4 is 23.3 Å². The van der Waals surface area contributed by atoms with Crippen molar-refractivity contribution in [2.75, 3.05) is 18.6 Å². The molecule has 2 atom stereocenters. The van der Waals surface area contributed by atoms with E-state index in [-0.39, 0.29) is 22.4 Å². The van der Waals surface area contributed by atoms with Crippen LogP contribution in [0.25, 0.3) is 0 Å². The van der Waals surface area contributed by atoms with Gasteiger partial charge >= 0.3 is 5.97 Å². The van der Waals surface area contributed by atoms with E-state index in [1.165, 1.54) is 7.11 Å². The third-order valence-electron chi connectivity index (χ3n) is 5.20. The van der Waals surface area contributed by atoms with Crippen molar-refractivity contribution in [3.8, 4) is 0 Å². The van der Waals surface area contributed by atoms with Crippen molar-refractivity contribution in [3.63, 3.8) is 0 Å². The molecule has 3 rings (SSSR count). The maximum absolute atomic E-state index is 12.4. The van der Waals surface area contributed by atoms with E-state index >= 15 is 0 Å². The Morgan fingerprint density at radius 1 is 1.42 bits per heavy atom. The average molecular weight is 354 g/mol. The molecule has 2 aliphatic rings. The number of esters is 1. The molecule has 132 valence electrons. The van der Waals surface area contributed by atoms with E-state index in [4.69, 9.17) is 11.6 Å². The largest absolute Gasteiger partial charge is 0.468 e. The SMILES string of the molecule is COC(=O)Cn1ncc(N2CC3(C)CC2CC(C)(C)C3)c(Cl)c1=O. The van der Waals surface area contributed by atoms with Crippen LogP contribution in [0.3, 0.4) is 0 Å². The Hall–Kier alpha value is -1.56. The fourth-order valence-corrected chi connectivity index (χ4v) is 4.95. The van der Waals surface area contributed by atoms with Gasteiger partial charge in [-0.3, -0.25) is 9.59 Å². The number of hydrogen-bond acceptors (Lipinski definition) is 5. The number of carbonyl (C=O) groups is 1. The molecule has 6 nitrogen and oxygen atoms in total. The first-order chi connectivity index (χ1) is 11.1. The van der Waals surface area contributed by atoms with Gasteiger partial charge in [-0.25, -0.2) is 4.68 Å². The van der Waals surface area contributed by atoms with Crippen molar-refractivity contribution in [2.45, 2.75) is 52.6 Å². The molecule has 0 spiro atoms. The monoisotopic (exact) mass is 353 g/mol. The van der Waals surface area contributed by atoms with Crippen LogP contribution in [0.4, 0.5) is 5.69 Å². The third kappa shape index (κ3) is 3.04. The van der Waals surface area contributed by atoms with Gasteiger partial charge in [-0.15, -0.1) is 0 Å². The van der Waals surface area contributed by atoms with Crippen molar-refractivity contribution in [3.05, 3.63) is 21.6 Å². The molecule has 1 saturated carbocycles. The molecular formula is C17H24ClN3O3. The lowest BCUT2D eigenvalue weighted by Gasteiger charge is -2.39. The average Bonchev–Trinajstić information content (AvgIpc) is 2.73. The molecule has 2 bridgehead atoms. The number of fused-ring (bicyclic) bond motifs is 2. The first-order valence-electron chi connectivity index (χ1n) is 8.23. The molecule has 1 aromatic rings. The van der Waals surface area contributed by atoms with Crippen LogP contribution in [0.15, 0.2) is 11.0 Å². The Balaban J connectivity index is 1.92. The third-order valence-corrected chi connectivity index (χ3v) is 5.55. The number of anilines is 1. The number of carbonyl (C=O) groups excluding carboxylic acids is 1. The summed E-state index contributed by atoms with van der Waals surface area (Å²) in [6.45, 7) is 7.55. The summed E-state index contributed by atoms with van der Waals surface area (Å²) in [5, 5.41) is 4.25. The minimum atomic E-state index is -0.528. The van der Waals surface area contributed by atoms with Crippen LogP contribution in [0.1, 0.15) is 40.0 Å². The molecule has 0 N–H and O–H groups in total. The smallest absolute Gasteiger partial charge is 0.327 e. The predicted octanol–water partition coefficient (Wildman–Crippen LogP) is 2.47. The molecule has 1 aromatic heterocycles. The minimum absolute atomic E-state index is 0.128. The quantitative estimate of drug-likeness (QED) is 0.781. The summed E-state index contributed by atoms with van der Waals surface area (Å²) < 4.78 is 5.63. The summed E-state index contributed by atoms with van der Waals surface area (Å²) in [5.41, 5.74) is 0.739. The summed E-state index contributed by atoms with van der Waals surface area (Å²) in [7, 11) is 1.27. The zero-order valence-corrected chi connectivity index (χ0v) is 15.4. The molecule has 2 heterocycles. The lowest BCUT2D eigenvalue weighted by molar-refractivity contribution is -0.141. The zero-order chi connectivity index (χ0) is 17.7. The lowest BCUT2D eigenvalue weighted by atomic mass is 9.65. The predicted molar refractivity (Wildman–Crippen MR) is 92.4 cm³/mol. The molecular weight excluding hydrogens is 330 g/mol. The van der Waals surface area contributed by atoms with Gasteiger partial charge in [0, 0.05) is 12.6 Å². The summed E-state index contributed by atoms with van der Waals surface area (Å²) in [6, 6.07) is 0.369. The van der Waals surface area contributed by atoms with Gasteiger partial charge in [0.2, 0.25) is 0 Å². The van der Waals surface area contributed by atoms with Gasteiger partial charge < -0.3 is 9.64 Å². The molecule has 24 heavy (non-hydrogen) atoms. The van der Waals surface area contributed by atoms with E-state index in [0.717, 1.165) is 30.5 Å². The Bertz CT molecular complexity index is 730. The number of rotatable bonds is 3. The Morgan fingerprint density at radius 2 is 2.12 bits per heavy atom. The molecule has 1 saturated heterocycles. The molecule has 1 aliphatic carbocycles. The Morgan fingerprint density at radius 3 is 2.79 bits per heavy atom. The van der Waals surface area contributed by atoms with Crippen LogP contribution in [0.5, 0.6) is 0 Å². The highest BCUT2D eigenvalue weighted by Crippen LogP contribution is 2.53. The molecule has 0 amide bonds. The molecule has 0 radical (unpaired) electrons. The van der Waals surface area contributed by atoms with Crippen molar-refractivity contribution in [1.29, 1.82) is 0 Å². The van der Waals surface area contributed by atoms with Gasteiger partial charge in [0.1, 0.15) is 11.6 Å². The second kappa shape index (κ2) is 5.76. The van der Waals surface area contributed by atoms with Crippen LogP contribution >= 0.6 is 11.6 Å². The van der Waals surface area contributed by atoms with Gasteiger partial charge in [-0.2, -0.15) is 5.10 Å². The van der Waals surface area contributed by atoms with E-state index in [0.29, 0.717) is 11.7 Å². The number of ether oxygens (including phenoxy) is 1. The first kappa shape index (κ1) is 17.3. The summed E-state index contributed by atoms with van der Waals surface area (Å²) in [5.74, 6) is -0.528. The summed E-state index contributed by atoms with van der Waals surface area (Å²) in [4.78, 5) is 26.0. The number of halogens is 1. The van der Waals surface area contributed by atoms with Crippen molar-refractivity contribution in [1.82, 2.24) is 9.78 Å². The maximum Gasteiger partial charge on any atom is 0.327 e. The normalized spacial score (nSPS) is 28.0. The lowest BCUT2D eigenvalue weighted by Crippen LogP contribution is -2.36. The fourth-order valence-electron chi connectivity index (χ4n) is 4.70. The van der Waals surface area contributed by atoms with Gasteiger partial charge in [-0.05, 0) is 30.1 Å². The van der Waals surface area contributed by atoms with E-state index in [2.05, 4.69) is 35.5 Å². The number of hydrogen-bond donors (Lipinski definition) is 0.